The predicted molar refractivity (Wildman–Crippen MR) is 137 cm³/mol. The van der Waals surface area contributed by atoms with Crippen LogP contribution >= 0.6 is 11.6 Å². The largest absolute Gasteiger partial charge is 0.417 e. The van der Waals surface area contributed by atoms with Gasteiger partial charge in [-0.15, -0.1) is 0 Å². The number of hydrogen-bond acceptors (Lipinski definition) is 3. The van der Waals surface area contributed by atoms with Gasteiger partial charge in [0.2, 0.25) is 5.91 Å². The van der Waals surface area contributed by atoms with Gasteiger partial charge in [0, 0.05) is 0 Å². The van der Waals surface area contributed by atoms with Crippen LogP contribution in [-0.2, 0) is 33.8 Å². The van der Waals surface area contributed by atoms with E-state index >= 15 is 0 Å². The number of fused-ring (bicyclic) bond motifs is 1. The summed E-state index contributed by atoms with van der Waals surface area (Å²) in [6.45, 7) is 1.06. The van der Waals surface area contributed by atoms with Crippen LogP contribution in [0.2, 0.25) is 5.02 Å². The van der Waals surface area contributed by atoms with Gasteiger partial charge in [-0.05, 0) is 79.6 Å². The number of hydrogen-bond donors (Lipinski definition) is 1. The third-order valence-electron chi connectivity index (χ3n) is 6.41. The summed E-state index contributed by atoms with van der Waals surface area (Å²) < 4.78 is 68.2. The number of carbonyl (C=O) groups excluding carboxylic acids is 1. The van der Waals surface area contributed by atoms with E-state index in [1.54, 1.807) is 13.0 Å². The van der Waals surface area contributed by atoms with Gasteiger partial charge in [0.1, 0.15) is 6.54 Å². The highest BCUT2D eigenvalue weighted by Crippen LogP contribution is 2.38. The van der Waals surface area contributed by atoms with E-state index in [2.05, 4.69) is 5.32 Å². The van der Waals surface area contributed by atoms with E-state index in [0.29, 0.717) is 10.4 Å². The maximum Gasteiger partial charge on any atom is 0.417 e. The molecule has 1 N–H and O–H groups in total. The molecule has 0 radical (unpaired) electrons. The van der Waals surface area contributed by atoms with Crippen LogP contribution in [0.4, 0.5) is 18.9 Å². The van der Waals surface area contributed by atoms with Gasteiger partial charge in [-0.25, -0.2) is 8.42 Å². The molecule has 37 heavy (non-hydrogen) atoms. The van der Waals surface area contributed by atoms with Gasteiger partial charge in [-0.1, -0.05) is 48.0 Å². The van der Waals surface area contributed by atoms with Crippen molar-refractivity contribution in [1.29, 1.82) is 0 Å². The molecule has 0 spiro atoms. The lowest BCUT2D eigenvalue weighted by atomic mass is 9.89. The number of nitrogens with zero attached hydrogens (tertiary/aromatic N) is 1. The molecule has 5 nitrogen and oxygen atoms in total. The fourth-order valence-corrected chi connectivity index (χ4v) is 6.10. The summed E-state index contributed by atoms with van der Waals surface area (Å²) in [5.41, 5.74) is 1.88. The Morgan fingerprint density at radius 3 is 2.35 bits per heavy atom. The van der Waals surface area contributed by atoms with E-state index in [1.807, 2.05) is 18.2 Å². The molecule has 1 amide bonds. The molecule has 3 aromatic rings. The van der Waals surface area contributed by atoms with Crippen molar-refractivity contribution in [2.24, 2.45) is 0 Å². The number of carbonyl (C=O) groups is 1. The molecule has 10 heteroatoms. The van der Waals surface area contributed by atoms with Gasteiger partial charge >= 0.3 is 6.18 Å². The second-order valence-corrected chi connectivity index (χ2v) is 11.3. The zero-order valence-electron chi connectivity index (χ0n) is 20.1. The Morgan fingerprint density at radius 1 is 1.00 bits per heavy atom. The van der Waals surface area contributed by atoms with E-state index in [-0.39, 0.29) is 10.6 Å². The van der Waals surface area contributed by atoms with Crippen LogP contribution in [0, 0.1) is 0 Å². The summed E-state index contributed by atoms with van der Waals surface area (Å²) in [5, 5.41) is 2.22. The zero-order valence-corrected chi connectivity index (χ0v) is 21.6. The van der Waals surface area contributed by atoms with Crippen LogP contribution in [0.15, 0.2) is 71.6 Å². The number of sulfonamides is 1. The van der Waals surface area contributed by atoms with Gasteiger partial charge in [0.05, 0.1) is 27.2 Å². The van der Waals surface area contributed by atoms with Crippen molar-refractivity contribution in [1.82, 2.24) is 5.32 Å². The van der Waals surface area contributed by atoms with Crippen molar-refractivity contribution in [3.8, 4) is 0 Å². The van der Waals surface area contributed by atoms with Crippen LogP contribution in [0.5, 0.6) is 0 Å². The monoisotopic (exact) mass is 550 g/mol. The molecule has 0 aliphatic heterocycles. The maximum absolute atomic E-state index is 13.5. The summed E-state index contributed by atoms with van der Waals surface area (Å²) in [6.07, 6.45) is -0.581. The van der Waals surface area contributed by atoms with Crippen LogP contribution in [0.1, 0.15) is 48.1 Å². The highest BCUT2D eigenvalue weighted by atomic mass is 35.5. The minimum Gasteiger partial charge on any atom is -0.348 e. The second-order valence-electron chi connectivity index (χ2n) is 9.01. The van der Waals surface area contributed by atoms with Crippen molar-refractivity contribution >= 4 is 33.2 Å². The molecular formula is C27H26ClF3N2O3S. The summed E-state index contributed by atoms with van der Waals surface area (Å²) >= 11 is 5.74. The Balaban J connectivity index is 1.64. The topological polar surface area (TPSA) is 66.5 Å². The van der Waals surface area contributed by atoms with Crippen molar-refractivity contribution in [2.45, 2.75) is 49.7 Å². The van der Waals surface area contributed by atoms with E-state index < -0.39 is 45.3 Å². The third kappa shape index (κ3) is 6.10. The third-order valence-corrected chi connectivity index (χ3v) is 8.53. The van der Waals surface area contributed by atoms with Crippen molar-refractivity contribution < 1.29 is 26.4 Å². The molecule has 4 rings (SSSR count). The maximum atomic E-state index is 13.5. The van der Waals surface area contributed by atoms with Crippen molar-refractivity contribution in [3.05, 3.63) is 94.0 Å². The first-order chi connectivity index (χ1) is 17.5. The molecule has 1 atom stereocenters. The number of benzene rings is 3. The first-order valence-corrected chi connectivity index (χ1v) is 13.6. The molecule has 0 saturated heterocycles. The molecule has 0 heterocycles. The molecule has 1 unspecified atom stereocenters. The number of halogens is 4. The quantitative estimate of drug-likeness (QED) is 0.375. The minimum absolute atomic E-state index is 0.158. The Labute approximate surface area is 219 Å². The van der Waals surface area contributed by atoms with E-state index in [9.17, 15) is 26.4 Å². The van der Waals surface area contributed by atoms with Crippen LogP contribution in [-0.4, -0.2) is 20.9 Å². The molecule has 0 bridgehead atoms. The Kier molecular flexibility index (Phi) is 7.85. The zero-order chi connectivity index (χ0) is 26.8. The molecule has 3 aromatic carbocycles. The van der Waals surface area contributed by atoms with Crippen molar-refractivity contribution in [3.63, 3.8) is 0 Å². The number of amides is 1. The van der Waals surface area contributed by atoms with Crippen LogP contribution < -0.4 is 9.62 Å². The van der Waals surface area contributed by atoms with Crippen LogP contribution in [0.25, 0.3) is 0 Å². The summed E-state index contributed by atoms with van der Waals surface area (Å²) in [7, 11) is -4.37. The summed E-state index contributed by atoms with van der Waals surface area (Å²) in [6, 6.07) is 15.6. The molecule has 1 aliphatic rings. The number of rotatable bonds is 7. The van der Waals surface area contributed by atoms with E-state index in [4.69, 9.17) is 11.6 Å². The number of alkyl halides is 3. The fourth-order valence-electron chi connectivity index (χ4n) is 4.44. The highest BCUT2D eigenvalue weighted by Gasteiger charge is 2.35. The molecule has 0 fully saturated rings. The molecule has 0 saturated carbocycles. The molecule has 196 valence electrons. The van der Waals surface area contributed by atoms with Gasteiger partial charge in [-0.3, -0.25) is 9.10 Å². The van der Waals surface area contributed by atoms with Crippen molar-refractivity contribution in [2.75, 3.05) is 10.8 Å². The highest BCUT2D eigenvalue weighted by molar-refractivity contribution is 7.92. The first-order valence-electron chi connectivity index (χ1n) is 11.8. The standard InChI is InChI=1S/C27H26ClF3N2O3S/c1-18(20-12-11-19-7-5-6-8-21(19)15-20)32-26(34)17-33(37(35,36)23-9-3-2-4-10-23)22-13-14-25(28)24(16-22)27(29,30)31/h2-4,9-16,18H,5-8,17H2,1H3,(H,32,34). The lowest BCUT2D eigenvalue weighted by molar-refractivity contribution is -0.137. The summed E-state index contributed by atoms with van der Waals surface area (Å²) in [5.74, 6) is -0.659. The normalized spacial score (nSPS) is 14.5. The molecule has 0 aromatic heterocycles. The average molecular weight is 551 g/mol. The average Bonchev–Trinajstić information content (AvgIpc) is 2.87. The smallest absolute Gasteiger partial charge is 0.348 e. The lowest BCUT2D eigenvalue weighted by Crippen LogP contribution is -2.41. The van der Waals surface area contributed by atoms with E-state index in [0.717, 1.165) is 43.4 Å². The number of anilines is 1. The predicted octanol–water partition coefficient (Wildman–Crippen LogP) is 6.31. The Bertz CT molecular complexity index is 1400. The van der Waals surface area contributed by atoms with Gasteiger partial charge < -0.3 is 5.32 Å². The minimum atomic E-state index is -4.81. The Morgan fingerprint density at radius 2 is 1.68 bits per heavy atom. The van der Waals surface area contributed by atoms with Gasteiger partial charge in [0.25, 0.3) is 10.0 Å². The van der Waals surface area contributed by atoms with Gasteiger partial charge in [-0.2, -0.15) is 13.2 Å². The second kappa shape index (κ2) is 10.8. The number of aryl methyl sites for hydroxylation is 2. The Hall–Kier alpha value is -3.04. The van der Waals surface area contributed by atoms with Crippen LogP contribution in [0.3, 0.4) is 0 Å². The lowest BCUT2D eigenvalue weighted by Gasteiger charge is -2.26. The first kappa shape index (κ1) is 27.0. The summed E-state index contributed by atoms with van der Waals surface area (Å²) in [4.78, 5) is 12.9. The fraction of sp³-hybridized carbons (Fsp3) is 0.296. The molecular weight excluding hydrogens is 525 g/mol. The SMILES string of the molecule is CC(NC(=O)CN(c1ccc(Cl)c(C(F)(F)F)c1)S(=O)(=O)c1ccccc1)c1ccc2c(c1)CCCC2. The number of nitrogens with one attached hydrogen (secondary N) is 1. The van der Waals surface area contributed by atoms with E-state index in [1.165, 1.54) is 35.4 Å². The molecule has 1 aliphatic carbocycles. The van der Waals surface area contributed by atoms with Gasteiger partial charge in [0.15, 0.2) is 0 Å².